The first kappa shape index (κ1) is 17.1. The normalized spacial score (nSPS) is 12.0. The number of carbonyl (C=O) groups is 1. The summed E-state index contributed by atoms with van der Waals surface area (Å²) in [5, 5.41) is 4.76. The van der Waals surface area contributed by atoms with Crippen LogP contribution in [0.1, 0.15) is 21.2 Å². The van der Waals surface area contributed by atoms with Crippen LogP contribution in [0.2, 0.25) is 0 Å². The number of carbonyl (C=O) groups excluding carboxylic acids is 1. The zero-order chi connectivity index (χ0) is 16.9. The van der Waals surface area contributed by atoms with Gasteiger partial charge in [-0.05, 0) is 47.8 Å². The molecule has 4 nitrogen and oxygen atoms in total. The highest BCUT2D eigenvalue weighted by molar-refractivity contribution is 9.10. The van der Waals surface area contributed by atoms with Gasteiger partial charge in [0.05, 0.1) is 23.1 Å². The van der Waals surface area contributed by atoms with Crippen molar-refractivity contribution in [3.8, 4) is 0 Å². The van der Waals surface area contributed by atoms with Crippen molar-refractivity contribution in [2.75, 3.05) is 0 Å². The maximum atomic E-state index is 12.3. The molecular formula is C17H14BrNO3S2. The Kier molecular flexibility index (Phi) is 5.65. The highest BCUT2D eigenvalue weighted by Crippen LogP contribution is 2.18. The average Bonchev–Trinajstić information content (AvgIpc) is 3.25. The van der Waals surface area contributed by atoms with Gasteiger partial charge in [-0.25, -0.2) is 0 Å². The molecule has 3 rings (SSSR count). The molecule has 1 amide bonds. The molecule has 24 heavy (non-hydrogen) atoms. The minimum Gasteiger partial charge on any atom is -0.455 e. The van der Waals surface area contributed by atoms with Crippen LogP contribution in [0.5, 0.6) is 0 Å². The van der Waals surface area contributed by atoms with E-state index in [1.54, 1.807) is 35.6 Å². The van der Waals surface area contributed by atoms with Crippen molar-refractivity contribution in [2.45, 2.75) is 17.2 Å². The Labute approximate surface area is 154 Å². The molecule has 2 aromatic heterocycles. The van der Waals surface area contributed by atoms with Gasteiger partial charge in [0, 0.05) is 14.2 Å². The van der Waals surface area contributed by atoms with Crippen LogP contribution in [-0.4, -0.2) is 10.1 Å². The molecule has 0 spiro atoms. The Morgan fingerprint density at radius 3 is 2.67 bits per heavy atom. The lowest BCUT2D eigenvalue weighted by atomic mass is 10.4. The van der Waals surface area contributed by atoms with E-state index in [1.165, 1.54) is 0 Å². The maximum absolute atomic E-state index is 12.3. The number of thiophene rings is 1. The van der Waals surface area contributed by atoms with Gasteiger partial charge < -0.3 is 9.73 Å². The van der Waals surface area contributed by atoms with E-state index in [0.29, 0.717) is 12.3 Å². The predicted molar refractivity (Wildman–Crippen MR) is 98.5 cm³/mol. The van der Waals surface area contributed by atoms with Gasteiger partial charge in [-0.3, -0.25) is 9.00 Å². The molecule has 0 unspecified atom stereocenters. The van der Waals surface area contributed by atoms with Crippen LogP contribution in [0.4, 0.5) is 0 Å². The van der Waals surface area contributed by atoms with Crippen LogP contribution >= 0.6 is 27.3 Å². The summed E-state index contributed by atoms with van der Waals surface area (Å²) in [7, 11) is -1.22. The van der Waals surface area contributed by atoms with E-state index in [-0.39, 0.29) is 17.4 Å². The van der Waals surface area contributed by atoms with Crippen molar-refractivity contribution in [3.63, 3.8) is 0 Å². The molecule has 0 bridgehead atoms. The van der Waals surface area contributed by atoms with Crippen LogP contribution in [0.15, 0.2) is 67.7 Å². The molecule has 1 aromatic carbocycles. The third-order valence-corrected chi connectivity index (χ3v) is 5.99. The van der Waals surface area contributed by atoms with Gasteiger partial charge in [-0.15, -0.1) is 11.3 Å². The summed E-state index contributed by atoms with van der Waals surface area (Å²) in [4.78, 5) is 13.9. The monoisotopic (exact) mass is 423 g/mol. The Morgan fingerprint density at radius 1 is 1.17 bits per heavy atom. The van der Waals surface area contributed by atoms with Crippen molar-refractivity contribution < 1.29 is 13.4 Å². The van der Waals surface area contributed by atoms with Crippen LogP contribution < -0.4 is 5.32 Å². The van der Waals surface area contributed by atoms with Crippen molar-refractivity contribution in [2.24, 2.45) is 0 Å². The zero-order valence-corrected chi connectivity index (χ0v) is 15.7. The van der Waals surface area contributed by atoms with Gasteiger partial charge >= 0.3 is 0 Å². The standard InChI is InChI=1S/C17H14BrNO3S2/c18-12-3-6-15(7-4-12)24(21)11-13-5-8-16(22-13)17(20)19-10-14-2-1-9-23-14/h1-9H,10-11H2,(H,19,20)/t24-/m0/s1. The number of amides is 1. The van der Waals surface area contributed by atoms with Crippen molar-refractivity contribution in [1.82, 2.24) is 5.32 Å². The second-order valence-corrected chi connectivity index (χ2v) is 8.37. The molecule has 1 atom stereocenters. The van der Waals surface area contributed by atoms with Gasteiger partial charge in [0.2, 0.25) is 0 Å². The van der Waals surface area contributed by atoms with E-state index >= 15 is 0 Å². The maximum Gasteiger partial charge on any atom is 0.287 e. The third-order valence-electron chi connectivity index (χ3n) is 3.24. The molecule has 0 radical (unpaired) electrons. The summed E-state index contributed by atoms with van der Waals surface area (Å²) in [5.74, 6) is 0.718. The molecule has 1 N–H and O–H groups in total. The molecule has 124 valence electrons. The largest absolute Gasteiger partial charge is 0.455 e. The van der Waals surface area contributed by atoms with E-state index in [1.807, 2.05) is 29.6 Å². The Balaban J connectivity index is 1.59. The molecule has 2 heterocycles. The lowest BCUT2D eigenvalue weighted by Gasteiger charge is -2.02. The molecule has 0 saturated carbocycles. The quantitative estimate of drug-likeness (QED) is 0.641. The summed E-state index contributed by atoms with van der Waals surface area (Å²) in [6, 6.07) is 14.5. The van der Waals surface area contributed by atoms with Gasteiger partial charge in [-0.2, -0.15) is 0 Å². The average molecular weight is 424 g/mol. The smallest absolute Gasteiger partial charge is 0.287 e. The Hall–Kier alpha value is -1.70. The summed E-state index contributed by atoms with van der Waals surface area (Å²) >= 11 is 4.93. The Bertz CT molecular complexity index is 841. The molecule has 0 fully saturated rings. The van der Waals surface area contributed by atoms with Crippen molar-refractivity contribution in [1.29, 1.82) is 0 Å². The number of rotatable bonds is 6. The van der Waals surface area contributed by atoms with Crippen LogP contribution in [0.25, 0.3) is 0 Å². The van der Waals surface area contributed by atoms with E-state index in [9.17, 15) is 9.00 Å². The molecule has 3 aromatic rings. The highest BCUT2D eigenvalue weighted by atomic mass is 79.9. The molecule has 0 aliphatic heterocycles. The summed E-state index contributed by atoms with van der Waals surface area (Å²) in [6.45, 7) is 0.470. The fraction of sp³-hybridized carbons (Fsp3) is 0.118. The van der Waals surface area contributed by atoms with Gasteiger partial charge in [0.1, 0.15) is 5.76 Å². The number of hydrogen-bond donors (Lipinski definition) is 1. The minimum atomic E-state index is -1.22. The summed E-state index contributed by atoms with van der Waals surface area (Å²) < 4.78 is 18.8. The first-order valence-corrected chi connectivity index (χ1v) is 10.1. The number of nitrogens with one attached hydrogen (secondary N) is 1. The number of benzene rings is 1. The second kappa shape index (κ2) is 7.92. The fourth-order valence-corrected chi connectivity index (χ4v) is 3.97. The predicted octanol–water partition coefficient (Wildman–Crippen LogP) is 4.34. The fourth-order valence-electron chi connectivity index (χ4n) is 2.04. The third kappa shape index (κ3) is 4.43. The van der Waals surface area contributed by atoms with E-state index < -0.39 is 10.8 Å². The first-order chi connectivity index (χ1) is 11.6. The number of furan rings is 1. The number of halogens is 1. The summed E-state index contributed by atoms with van der Waals surface area (Å²) in [5.41, 5.74) is 0. The van der Waals surface area contributed by atoms with Gasteiger partial charge in [0.25, 0.3) is 5.91 Å². The lowest BCUT2D eigenvalue weighted by molar-refractivity contribution is 0.0922. The van der Waals surface area contributed by atoms with E-state index in [0.717, 1.165) is 14.2 Å². The van der Waals surface area contributed by atoms with Crippen molar-refractivity contribution in [3.05, 3.63) is 74.8 Å². The van der Waals surface area contributed by atoms with Crippen LogP contribution in [0, 0.1) is 0 Å². The molecule has 7 heteroatoms. The number of hydrogen-bond acceptors (Lipinski definition) is 4. The molecule has 0 saturated heterocycles. The second-order valence-electron chi connectivity index (χ2n) is 4.97. The van der Waals surface area contributed by atoms with Crippen molar-refractivity contribution >= 4 is 44.0 Å². The molecule has 0 aliphatic rings. The summed E-state index contributed by atoms with van der Waals surface area (Å²) in [6.07, 6.45) is 0. The highest BCUT2D eigenvalue weighted by Gasteiger charge is 2.13. The molecule has 0 aliphatic carbocycles. The first-order valence-electron chi connectivity index (χ1n) is 7.15. The SMILES string of the molecule is O=C(NCc1cccs1)c1ccc(C[S@](=O)c2ccc(Br)cc2)o1. The lowest BCUT2D eigenvalue weighted by Crippen LogP contribution is -2.21. The van der Waals surface area contributed by atoms with E-state index in [2.05, 4.69) is 21.2 Å². The topological polar surface area (TPSA) is 59.3 Å². The van der Waals surface area contributed by atoms with E-state index in [4.69, 9.17) is 4.42 Å². The molecular weight excluding hydrogens is 410 g/mol. The van der Waals surface area contributed by atoms with Gasteiger partial charge in [0.15, 0.2) is 5.76 Å². The van der Waals surface area contributed by atoms with Gasteiger partial charge in [-0.1, -0.05) is 22.0 Å². The van der Waals surface area contributed by atoms with Crippen LogP contribution in [-0.2, 0) is 23.1 Å². The van der Waals surface area contributed by atoms with Crippen LogP contribution in [0.3, 0.4) is 0 Å². The minimum absolute atomic E-state index is 0.231. The zero-order valence-electron chi connectivity index (χ0n) is 12.5. The Morgan fingerprint density at radius 2 is 1.96 bits per heavy atom.